The summed E-state index contributed by atoms with van der Waals surface area (Å²) in [6.45, 7) is 1.86. The number of hydrogen-bond acceptors (Lipinski definition) is 5. The predicted octanol–water partition coefficient (Wildman–Crippen LogP) is 1.84. The molecule has 0 saturated carbocycles. The van der Waals surface area contributed by atoms with Gasteiger partial charge >= 0.3 is 5.97 Å². The van der Waals surface area contributed by atoms with E-state index in [1.54, 1.807) is 10.9 Å². The highest BCUT2D eigenvalue weighted by molar-refractivity contribution is 9.10. The molecule has 0 saturated heterocycles. The first-order valence-electron chi connectivity index (χ1n) is 5.48. The first-order valence-corrected chi connectivity index (χ1v) is 6.27. The Hall–Kier alpha value is -1.96. The number of nitrogens with zero attached hydrogens (tertiary/aromatic N) is 4. The molecule has 0 spiro atoms. The standard InChI is InChI=1S/C11H12BrN5O2/c1-6(10-16-14-5-17(10)2)15-9-8(11(18)19)3-7(12)4-13-9/h3-6H,1-2H3,(H,13,15)(H,18,19). The number of aryl methyl sites for hydroxylation is 1. The van der Waals surface area contributed by atoms with Gasteiger partial charge in [-0.05, 0) is 28.9 Å². The van der Waals surface area contributed by atoms with Crippen LogP contribution in [0.3, 0.4) is 0 Å². The molecule has 2 rings (SSSR count). The molecule has 2 aromatic rings. The van der Waals surface area contributed by atoms with Gasteiger partial charge in [0.15, 0.2) is 5.82 Å². The van der Waals surface area contributed by atoms with Gasteiger partial charge in [-0.1, -0.05) is 0 Å². The van der Waals surface area contributed by atoms with E-state index in [9.17, 15) is 4.79 Å². The Morgan fingerprint density at radius 2 is 2.32 bits per heavy atom. The van der Waals surface area contributed by atoms with E-state index >= 15 is 0 Å². The largest absolute Gasteiger partial charge is 0.478 e. The average molecular weight is 326 g/mol. The van der Waals surface area contributed by atoms with Crippen molar-refractivity contribution in [2.45, 2.75) is 13.0 Å². The fourth-order valence-corrected chi connectivity index (χ4v) is 2.00. The van der Waals surface area contributed by atoms with Crippen molar-refractivity contribution in [1.82, 2.24) is 19.7 Å². The molecule has 0 aromatic carbocycles. The van der Waals surface area contributed by atoms with Gasteiger partial charge in [-0.25, -0.2) is 9.78 Å². The molecule has 2 heterocycles. The number of carboxylic acid groups (broad SMARTS) is 1. The fraction of sp³-hybridized carbons (Fsp3) is 0.273. The number of carbonyl (C=O) groups is 1. The van der Waals surface area contributed by atoms with Crippen LogP contribution in [0.25, 0.3) is 0 Å². The highest BCUT2D eigenvalue weighted by Crippen LogP contribution is 2.22. The summed E-state index contributed by atoms with van der Waals surface area (Å²) >= 11 is 3.20. The zero-order valence-electron chi connectivity index (χ0n) is 10.3. The van der Waals surface area contributed by atoms with E-state index in [1.165, 1.54) is 12.3 Å². The molecule has 1 atom stereocenters. The van der Waals surface area contributed by atoms with Crippen molar-refractivity contribution in [2.75, 3.05) is 5.32 Å². The maximum atomic E-state index is 11.2. The lowest BCUT2D eigenvalue weighted by Crippen LogP contribution is -2.15. The molecule has 100 valence electrons. The first kappa shape index (κ1) is 13.5. The van der Waals surface area contributed by atoms with Gasteiger partial charge in [-0.2, -0.15) is 0 Å². The van der Waals surface area contributed by atoms with Crippen molar-refractivity contribution >= 4 is 27.7 Å². The Labute approximate surface area is 117 Å². The number of aromatic carboxylic acids is 1. The van der Waals surface area contributed by atoms with Crippen LogP contribution < -0.4 is 5.32 Å². The van der Waals surface area contributed by atoms with Crippen LogP contribution in [0.5, 0.6) is 0 Å². The van der Waals surface area contributed by atoms with Gasteiger partial charge in [-0.3, -0.25) is 0 Å². The minimum absolute atomic E-state index is 0.100. The number of nitrogens with one attached hydrogen (secondary N) is 1. The summed E-state index contributed by atoms with van der Waals surface area (Å²) in [5, 5.41) is 19.9. The Kier molecular flexibility index (Phi) is 3.79. The van der Waals surface area contributed by atoms with Crippen LogP contribution in [0.1, 0.15) is 29.1 Å². The van der Waals surface area contributed by atoms with Gasteiger partial charge in [0.1, 0.15) is 17.7 Å². The molecule has 2 N–H and O–H groups in total. The summed E-state index contributed by atoms with van der Waals surface area (Å²) < 4.78 is 2.37. The SMILES string of the molecule is CC(Nc1ncc(Br)cc1C(=O)O)c1nncn1C. The summed E-state index contributed by atoms with van der Waals surface area (Å²) in [5.41, 5.74) is 0.100. The third-order valence-corrected chi connectivity index (χ3v) is 3.01. The van der Waals surface area contributed by atoms with Crippen molar-refractivity contribution in [3.8, 4) is 0 Å². The summed E-state index contributed by atoms with van der Waals surface area (Å²) in [6.07, 6.45) is 3.12. The van der Waals surface area contributed by atoms with E-state index in [0.29, 0.717) is 16.1 Å². The van der Waals surface area contributed by atoms with E-state index in [1.807, 2.05) is 14.0 Å². The Bertz CT molecular complexity index is 613. The second kappa shape index (κ2) is 5.35. The molecule has 0 aliphatic heterocycles. The molecule has 7 nitrogen and oxygen atoms in total. The Balaban J connectivity index is 2.29. The predicted molar refractivity (Wildman–Crippen MR) is 71.9 cm³/mol. The molecule has 0 fully saturated rings. The smallest absolute Gasteiger partial charge is 0.339 e. The first-order chi connectivity index (χ1) is 8.99. The second-order valence-electron chi connectivity index (χ2n) is 4.02. The third-order valence-electron chi connectivity index (χ3n) is 2.57. The average Bonchev–Trinajstić information content (AvgIpc) is 2.77. The molecule has 0 bridgehead atoms. The minimum atomic E-state index is -1.04. The number of halogens is 1. The highest BCUT2D eigenvalue weighted by Gasteiger charge is 2.17. The van der Waals surface area contributed by atoms with E-state index in [0.717, 1.165) is 0 Å². The van der Waals surface area contributed by atoms with Crippen molar-refractivity contribution in [2.24, 2.45) is 7.05 Å². The lowest BCUT2D eigenvalue weighted by Gasteiger charge is -2.15. The van der Waals surface area contributed by atoms with Gasteiger partial charge in [0, 0.05) is 17.7 Å². The highest BCUT2D eigenvalue weighted by atomic mass is 79.9. The number of rotatable bonds is 4. The van der Waals surface area contributed by atoms with Gasteiger partial charge in [0.2, 0.25) is 0 Å². The normalized spacial score (nSPS) is 12.2. The topological polar surface area (TPSA) is 92.9 Å². The Morgan fingerprint density at radius 1 is 1.58 bits per heavy atom. The fourth-order valence-electron chi connectivity index (χ4n) is 1.67. The monoisotopic (exact) mass is 325 g/mol. The van der Waals surface area contributed by atoms with Crippen LogP contribution in [0, 0.1) is 0 Å². The second-order valence-corrected chi connectivity index (χ2v) is 4.94. The van der Waals surface area contributed by atoms with E-state index in [-0.39, 0.29) is 11.6 Å². The maximum Gasteiger partial charge on any atom is 0.339 e. The minimum Gasteiger partial charge on any atom is -0.478 e. The lowest BCUT2D eigenvalue weighted by atomic mass is 10.2. The van der Waals surface area contributed by atoms with Gasteiger partial charge in [0.25, 0.3) is 0 Å². The van der Waals surface area contributed by atoms with Crippen LogP contribution in [0.4, 0.5) is 5.82 Å². The summed E-state index contributed by atoms with van der Waals surface area (Å²) in [6, 6.07) is 1.29. The molecule has 8 heteroatoms. The third kappa shape index (κ3) is 2.90. The molecule has 19 heavy (non-hydrogen) atoms. The van der Waals surface area contributed by atoms with Crippen molar-refractivity contribution in [1.29, 1.82) is 0 Å². The quantitative estimate of drug-likeness (QED) is 0.891. The molecular weight excluding hydrogens is 314 g/mol. The summed E-state index contributed by atoms with van der Waals surface area (Å²) in [5.74, 6) is -0.0475. The number of hydrogen-bond donors (Lipinski definition) is 2. The lowest BCUT2D eigenvalue weighted by molar-refractivity contribution is 0.0697. The zero-order chi connectivity index (χ0) is 14.0. The van der Waals surface area contributed by atoms with Crippen molar-refractivity contribution in [3.63, 3.8) is 0 Å². The van der Waals surface area contributed by atoms with Crippen molar-refractivity contribution < 1.29 is 9.90 Å². The van der Waals surface area contributed by atoms with Gasteiger partial charge in [0.05, 0.1) is 6.04 Å². The molecule has 0 aliphatic carbocycles. The van der Waals surface area contributed by atoms with Crippen LogP contribution in [0.2, 0.25) is 0 Å². The van der Waals surface area contributed by atoms with Crippen LogP contribution in [-0.4, -0.2) is 30.8 Å². The zero-order valence-corrected chi connectivity index (χ0v) is 11.9. The summed E-state index contributed by atoms with van der Waals surface area (Å²) in [7, 11) is 1.82. The Morgan fingerprint density at radius 3 is 2.89 bits per heavy atom. The molecular formula is C11H12BrN5O2. The number of anilines is 1. The number of pyridine rings is 1. The summed E-state index contributed by atoms with van der Waals surface area (Å²) in [4.78, 5) is 15.3. The van der Waals surface area contributed by atoms with Crippen LogP contribution >= 0.6 is 15.9 Å². The maximum absolute atomic E-state index is 11.2. The molecule has 1 unspecified atom stereocenters. The van der Waals surface area contributed by atoms with Crippen molar-refractivity contribution in [3.05, 3.63) is 34.5 Å². The molecule has 2 aromatic heterocycles. The van der Waals surface area contributed by atoms with Crippen LogP contribution in [0.15, 0.2) is 23.1 Å². The number of aromatic nitrogens is 4. The van der Waals surface area contributed by atoms with Gasteiger partial charge < -0.3 is 15.0 Å². The van der Waals surface area contributed by atoms with Crippen LogP contribution in [-0.2, 0) is 7.05 Å². The van der Waals surface area contributed by atoms with E-state index in [4.69, 9.17) is 5.11 Å². The van der Waals surface area contributed by atoms with E-state index < -0.39 is 5.97 Å². The number of carboxylic acids is 1. The molecule has 0 radical (unpaired) electrons. The van der Waals surface area contributed by atoms with E-state index in [2.05, 4.69) is 36.4 Å². The molecule has 0 amide bonds. The van der Waals surface area contributed by atoms with Gasteiger partial charge in [-0.15, -0.1) is 10.2 Å². The molecule has 0 aliphatic rings.